The monoisotopic (exact) mass is 1110 g/mol. The largest absolute Gasteiger partial charge is 0.394 e. The Morgan fingerprint density at radius 2 is 0.805 bits per heavy atom. The van der Waals surface area contributed by atoms with Crippen LogP contribution in [0.1, 0.15) is 219 Å². The highest BCUT2D eigenvalue weighted by Crippen LogP contribution is 2.33. The molecule has 17 atom stereocenters. The highest BCUT2D eigenvalue weighted by molar-refractivity contribution is 5.76. The highest BCUT2D eigenvalue weighted by atomic mass is 16.8. The molecular weight excluding hydrogens is 999 g/mol. The summed E-state index contributed by atoms with van der Waals surface area (Å²) in [6.45, 7) is 1.66. The minimum atomic E-state index is -1.97. The Kier molecular flexibility index (Phi) is 38.4. The molecule has 454 valence electrons. The number of aliphatic hydroxyl groups excluding tert-OH is 11. The topological polar surface area (TPSA) is 307 Å². The van der Waals surface area contributed by atoms with Gasteiger partial charge in [0.1, 0.15) is 73.2 Å². The Hall–Kier alpha value is -1.47. The molecule has 3 aliphatic heterocycles. The Bertz CT molecular complexity index is 1460. The second kappa shape index (κ2) is 42.4. The number of hydrogen-bond donors (Lipinski definition) is 12. The number of ether oxygens (including phenoxy) is 6. The molecule has 0 saturated carbocycles. The molecule has 19 heteroatoms. The van der Waals surface area contributed by atoms with E-state index >= 15 is 0 Å². The summed E-state index contributed by atoms with van der Waals surface area (Å²) in [6.07, 6.45) is 15.4. The second-order valence-electron chi connectivity index (χ2n) is 22.2. The number of carbonyl (C=O) groups excluding carboxylic acids is 1. The zero-order chi connectivity index (χ0) is 56.2. The first-order valence-electron chi connectivity index (χ1n) is 30.4. The fourth-order valence-corrected chi connectivity index (χ4v) is 10.5. The van der Waals surface area contributed by atoms with Crippen LogP contribution in [0.25, 0.3) is 0 Å². The van der Waals surface area contributed by atoms with Gasteiger partial charge in [0.25, 0.3) is 0 Å². The lowest BCUT2D eigenvalue weighted by atomic mass is 9.96. The minimum Gasteiger partial charge on any atom is -0.394 e. The van der Waals surface area contributed by atoms with E-state index < -0.39 is 124 Å². The van der Waals surface area contributed by atoms with Gasteiger partial charge in [-0.2, -0.15) is 0 Å². The van der Waals surface area contributed by atoms with Gasteiger partial charge >= 0.3 is 0 Å². The molecule has 3 saturated heterocycles. The molecule has 0 radical (unpaired) electrons. The minimum absolute atomic E-state index is 0.248. The quantitative estimate of drug-likeness (QED) is 0.0269. The van der Waals surface area contributed by atoms with Crippen LogP contribution in [-0.4, -0.2) is 193 Å². The van der Waals surface area contributed by atoms with Gasteiger partial charge < -0.3 is 89.9 Å². The maximum absolute atomic E-state index is 13.3. The van der Waals surface area contributed by atoms with Crippen LogP contribution in [0, 0.1) is 0 Å². The molecule has 0 aromatic rings. The Labute approximate surface area is 461 Å². The highest BCUT2D eigenvalue weighted by Gasteiger charge is 2.53. The molecule has 3 heterocycles. The normalized spacial score (nSPS) is 30.7. The van der Waals surface area contributed by atoms with E-state index in [0.29, 0.717) is 6.42 Å². The maximum atomic E-state index is 13.3. The Balaban J connectivity index is 1.39. The summed E-state index contributed by atoms with van der Waals surface area (Å²) in [5, 5.41) is 120. The smallest absolute Gasteiger partial charge is 0.220 e. The summed E-state index contributed by atoms with van der Waals surface area (Å²) < 4.78 is 34.1. The van der Waals surface area contributed by atoms with Gasteiger partial charge in [0, 0.05) is 6.42 Å². The maximum Gasteiger partial charge on any atom is 0.220 e. The van der Waals surface area contributed by atoms with Crippen LogP contribution >= 0.6 is 0 Å². The average molecular weight is 1110 g/mol. The van der Waals surface area contributed by atoms with Crippen LogP contribution in [0.2, 0.25) is 0 Å². The summed E-state index contributed by atoms with van der Waals surface area (Å²) in [5.41, 5.74) is 0. The van der Waals surface area contributed by atoms with Crippen molar-refractivity contribution in [3.05, 3.63) is 12.2 Å². The third-order valence-corrected chi connectivity index (χ3v) is 15.6. The molecule has 12 N–H and O–H groups in total. The van der Waals surface area contributed by atoms with Crippen molar-refractivity contribution in [2.45, 2.75) is 324 Å². The molecule has 0 bridgehead atoms. The van der Waals surface area contributed by atoms with Crippen LogP contribution in [0.3, 0.4) is 0 Å². The van der Waals surface area contributed by atoms with Crippen molar-refractivity contribution in [2.75, 3.05) is 26.4 Å². The molecule has 0 aromatic heterocycles. The zero-order valence-corrected chi connectivity index (χ0v) is 47.2. The number of rotatable bonds is 45. The third-order valence-electron chi connectivity index (χ3n) is 15.6. The lowest BCUT2D eigenvalue weighted by Crippen LogP contribution is -2.66. The van der Waals surface area contributed by atoms with E-state index in [2.05, 4.69) is 19.2 Å². The fraction of sp³-hybridized carbons (Fsp3) is 0.948. The molecule has 3 rings (SSSR count). The van der Waals surface area contributed by atoms with Crippen molar-refractivity contribution in [3.8, 4) is 0 Å². The fourth-order valence-electron chi connectivity index (χ4n) is 10.5. The van der Waals surface area contributed by atoms with Gasteiger partial charge in [-0.05, 0) is 19.3 Å². The molecule has 0 aromatic carbocycles. The van der Waals surface area contributed by atoms with Crippen molar-refractivity contribution >= 4 is 5.91 Å². The molecule has 0 aliphatic carbocycles. The van der Waals surface area contributed by atoms with Gasteiger partial charge in [-0.3, -0.25) is 4.79 Å². The first-order valence-corrected chi connectivity index (χ1v) is 30.4. The SMILES string of the molecule is CCCCCCC/C=C/C(O)C(COC1OC(CO)C(OC2OC(CO)C(OC3OC(CO)C(O)C(O)C3O)C(O)C2O)C(O)C1O)NC(=O)CCCCCCCCCCCCCCCCCCCCCCCCCCC. The molecule has 19 nitrogen and oxygen atoms in total. The van der Waals surface area contributed by atoms with E-state index in [4.69, 9.17) is 28.4 Å². The number of carbonyl (C=O) groups is 1. The van der Waals surface area contributed by atoms with Gasteiger partial charge in [0.15, 0.2) is 18.9 Å². The van der Waals surface area contributed by atoms with E-state index in [0.717, 1.165) is 57.8 Å². The number of aliphatic hydroxyl groups is 11. The van der Waals surface area contributed by atoms with E-state index in [-0.39, 0.29) is 18.9 Å². The van der Waals surface area contributed by atoms with E-state index in [1.54, 1.807) is 6.08 Å². The van der Waals surface area contributed by atoms with Gasteiger partial charge in [-0.25, -0.2) is 0 Å². The molecule has 17 unspecified atom stereocenters. The van der Waals surface area contributed by atoms with Crippen LogP contribution in [0.5, 0.6) is 0 Å². The lowest BCUT2D eigenvalue weighted by Gasteiger charge is -2.48. The number of amides is 1. The van der Waals surface area contributed by atoms with Crippen LogP contribution < -0.4 is 5.32 Å². The summed E-state index contributed by atoms with van der Waals surface area (Å²) in [4.78, 5) is 13.3. The predicted molar refractivity (Wildman–Crippen MR) is 291 cm³/mol. The Morgan fingerprint density at radius 3 is 1.22 bits per heavy atom. The zero-order valence-electron chi connectivity index (χ0n) is 47.2. The van der Waals surface area contributed by atoms with E-state index in [1.165, 1.54) is 135 Å². The van der Waals surface area contributed by atoms with Crippen LogP contribution in [0.4, 0.5) is 0 Å². The summed E-state index contributed by atoms with van der Waals surface area (Å²) >= 11 is 0. The van der Waals surface area contributed by atoms with E-state index in [9.17, 15) is 61.0 Å². The third kappa shape index (κ3) is 26.5. The van der Waals surface area contributed by atoms with Crippen molar-refractivity contribution in [1.29, 1.82) is 0 Å². The molecule has 77 heavy (non-hydrogen) atoms. The first-order chi connectivity index (χ1) is 37.3. The van der Waals surface area contributed by atoms with Gasteiger partial charge in [0.05, 0.1) is 38.6 Å². The van der Waals surface area contributed by atoms with Crippen molar-refractivity contribution in [2.24, 2.45) is 0 Å². The lowest BCUT2D eigenvalue weighted by molar-refractivity contribution is -0.379. The summed E-state index contributed by atoms with van der Waals surface area (Å²) in [7, 11) is 0. The van der Waals surface area contributed by atoms with Gasteiger partial charge in [-0.1, -0.05) is 206 Å². The molecule has 0 spiro atoms. The van der Waals surface area contributed by atoms with Crippen LogP contribution in [-0.2, 0) is 33.2 Å². The average Bonchev–Trinajstić information content (AvgIpc) is 3.43. The van der Waals surface area contributed by atoms with Gasteiger partial charge in [-0.15, -0.1) is 0 Å². The van der Waals surface area contributed by atoms with E-state index in [1.807, 2.05) is 6.08 Å². The summed E-state index contributed by atoms with van der Waals surface area (Å²) in [6, 6.07) is -0.964. The molecule has 3 aliphatic rings. The summed E-state index contributed by atoms with van der Waals surface area (Å²) in [5.74, 6) is -0.276. The van der Waals surface area contributed by atoms with Crippen LogP contribution in [0.15, 0.2) is 12.2 Å². The van der Waals surface area contributed by atoms with Crippen molar-refractivity contribution in [3.63, 3.8) is 0 Å². The number of unbranched alkanes of at least 4 members (excludes halogenated alkanes) is 29. The molecular formula is C58H109NO18. The first kappa shape index (κ1) is 69.8. The molecule has 1 amide bonds. The number of nitrogens with one attached hydrogen (secondary N) is 1. The second-order valence-corrected chi connectivity index (χ2v) is 22.2. The van der Waals surface area contributed by atoms with Gasteiger partial charge in [0.2, 0.25) is 5.91 Å². The standard InChI is InChI=1S/C58H109NO18/c1-3-5-7-9-11-12-13-14-15-16-17-18-19-20-21-22-23-24-25-26-27-28-30-32-34-36-46(64)59-41(42(63)35-33-31-29-10-8-6-4-2)40-72-56-52(70)49(67)54(44(38-61)74-56)77-58-53(71)50(68)55(45(39-62)75-58)76-57-51(69)48(66)47(65)43(37-60)73-57/h33,35,41-45,47-58,60-63,65-71H,3-32,34,36-40H2,1-2H3,(H,59,64)/b35-33+. The number of allylic oxidation sites excluding steroid dienone is 1. The Morgan fingerprint density at radius 1 is 0.455 bits per heavy atom. The number of hydrogen-bond acceptors (Lipinski definition) is 18. The van der Waals surface area contributed by atoms with Crippen molar-refractivity contribution < 1.29 is 89.4 Å². The van der Waals surface area contributed by atoms with Crippen molar-refractivity contribution in [1.82, 2.24) is 5.32 Å². The molecule has 3 fully saturated rings. The predicted octanol–water partition coefficient (Wildman–Crippen LogP) is 5.38.